The Morgan fingerprint density at radius 3 is 2.68 bits per heavy atom. The molecule has 1 amide bonds. The van der Waals surface area contributed by atoms with Crippen molar-refractivity contribution in [2.75, 3.05) is 19.6 Å². The molecule has 0 fully saturated rings. The summed E-state index contributed by atoms with van der Waals surface area (Å²) in [7, 11) is 0. The smallest absolute Gasteiger partial charge is 0.224 e. The van der Waals surface area contributed by atoms with Gasteiger partial charge in [0.15, 0.2) is 0 Å². The van der Waals surface area contributed by atoms with Crippen molar-refractivity contribution in [1.82, 2.24) is 30.4 Å². The van der Waals surface area contributed by atoms with Crippen LogP contribution in [0.4, 0.5) is 0 Å². The monoisotopic (exact) mass is 376 g/mol. The number of carbonyl (C=O) groups is 1. The van der Waals surface area contributed by atoms with Crippen LogP contribution in [0, 0.1) is 0 Å². The van der Waals surface area contributed by atoms with Crippen LogP contribution in [-0.4, -0.2) is 50.6 Å². The van der Waals surface area contributed by atoms with Crippen LogP contribution in [0.5, 0.6) is 0 Å². The van der Waals surface area contributed by atoms with Gasteiger partial charge >= 0.3 is 0 Å². The van der Waals surface area contributed by atoms with Crippen molar-refractivity contribution >= 4 is 5.91 Å². The lowest BCUT2D eigenvalue weighted by Crippen LogP contribution is -2.34. The number of rotatable bonds is 7. The number of hydrogen-bond acceptors (Lipinski definition) is 5. The lowest BCUT2D eigenvalue weighted by molar-refractivity contribution is -0.120. The Bertz CT molecular complexity index is 907. The zero-order valence-corrected chi connectivity index (χ0v) is 15.8. The molecule has 2 heterocycles. The zero-order chi connectivity index (χ0) is 19.2. The van der Waals surface area contributed by atoms with Crippen LogP contribution in [0.2, 0.25) is 0 Å². The first-order valence-electron chi connectivity index (χ1n) is 9.66. The molecule has 0 unspecified atom stereocenters. The highest BCUT2D eigenvalue weighted by Crippen LogP contribution is 2.18. The van der Waals surface area contributed by atoms with Crippen LogP contribution in [-0.2, 0) is 24.2 Å². The normalized spacial score (nSPS) is 13.9. The van der Waals surface area contributed by atoms with Gasteiger partial charge in [0.1, 0.15) is 6.33 Å². The molecular formula is C21H24N6O. The molecule has 2 aromatic carbocycles. The summed E-state index contributed by atoms with van der Waals surface area (Å²) in [6.45, 7) is 3.82. The Balaban J connectivity index is 1.17. The maximum absolute atomic E-state index is 12.2. The molecular weight excluding hydrogens is 352 g/mol. The molecule has 1 N–H and O–H groups in total. The SMILES string of the molecule is O=C(Cc1ccc(-n2cnnn2)cc1)NCCCN1CCc2ccccc2C1. The summed E-state index contributed by atoms with van der Waals surface area (Å²) in [5.41, 5.74) is 4.75. The van der Waals surface area contributed by atoms with E-state index < -0.39 is 0 Å². The molecule has 7 nitrogen and oxygen atoms in total. The predicted octanol–water partition coefficient (Wildman–Crippen LogP) is 1.77. The highest BCUT2D eigenvalue weighted by molar-refractivity contribution is 5.78. The summed E-state index contributed by atoms with van der Waals surface area (Å²) in [4.78, 5) is 14.6. The van der Waals surface area contributed by atoms with E-state index in [0.717, 1.165) is 43.7 Å². The van der Waals surface area contributed by atoms with E-state index in [9.17, 15) is 4.79 Å². The van der Waals surface area contributed by atoms with Gasteiger partial charge in [0, 0.05) is 26.2 Å². The summed E-state index contributed by atoms with van der Waals surface area (Å²) < 4.78 is 1.59. The highest BCUT2D eigenvalue weighted by Gasteiger charge is 2.15. The molecule has 144 valence electrons. The van der Waals surface area contributed by atoms with Gasteiger partial charge in [-0.15, -0.1) is 5.10 Å². The molecule has 0 saturated heterocycles. The lowest BCUT2D eigenvalue weighted by Gasteiger charge is -2.28. The number of nitrogens with one attached hydrogen (secondary N) is 1. The molecule has 0 bridgehead atoms. The fraction of sp³-hybridized carbons (Fsp3) is 0.333. The van der Waals surface area contributed by atoms with Gasteiger partial charge in [-0.1, -0.05) is 36.4 Å². The lowest BCUT2D eigenvalue weighted by atomic mass is 10.00. The maximum Gasteiger partial charge on any atom is 0.224 e. The van der Waals surface area contributed by atoms with E-state index in [4.69, 9.17) is 0 Å². The van der Waals surface area contributed by atoms with Gasteiger partial charge in [0.05, 0.1) is 12.1 Å². The zero-order valence-electron chi connectivity index (χ0n) is 15.8. The minimum Gasteiger partial charge on any atom is -0.356 e. The molecule has 4 rings (SSSR count). The van der Waals surface area contributed by atoms with E-state index in [0.29, 0.717) is 13.0 Å². The van der Waals surface area contributed by atoms with E-state index in [-0.39, 0.29) is 5.91 Å². The van der Waals surface area contributed by atoms with Crippen molar-refractivity contribution in [3.63, 3.8) is 0 Å². The molecule has 0 radical (unpaired) electrons. The number of benzene rings is 2. The third kappa shape index (κ3) is 4.61. The number of hydrogen-bond donors (Lipinski definition) is 1. The van der Waals surface area contributed by atoms with Gasteiger partial charge in [0.25, 0.3) is 0 Å². The van der Waals surface area contributed by atoms with Crippen molar-refractivity contribution in [3.05, 3.63) is 71.5 Å². The Morgan fingerprint density at radius 1 is 1.07 bits per heavy atom. The average Bonchev–Trinajstić information content (AvgIpc) is 3.26. The van der Waals surface area contributed by atoms with E-state index in [1.165, 1.54) is 11.1 Å². The third-order valence-electron chi connectivity index (χ3n) is 5.10. The third-order valence-corrected chi connectivity index (χ3v) is 5.10. The molecule has 0 atom stereocenters. The number of amides is 1. The van der Waals surface area contributed by atoms with Crippen LogP contribution in [0.1, 0.15) is 23.1 Å². The fourth-order valence-electron chi connectivity index (χ4n) is 3.57. The standard InChI is InChI=1S/C21H24N6O/c28-21(14-17-6-8-20(9-7-17)27-16-23-24-25-27)22-11-3-12-26-13-10-18-4-1-2-5-19(18)15-26/h1-2,4-9,16H,3,10-15H2,(H,22,28). The van der Waals surface area contributed by atoms with Gasteiger partial charge in [-0.25, -0.2) is 4.68 Å². The van der Waals surface area contributed by atoms with Crippen LogP contribution in [0.3, 0.4) is 0 Å². The van der Waals surface area contributed by atoms with Crippen LogP contribution >= 0.6 is 0 Å². The largest absolute Gasteiger partial charge is 0.356 e. The van der Waals surface area contributed by atoms with Gasteiger partial charge < -0.3 is 5.32 Å². The maximum atomic E-state index is 12.2. The second-order valence-electron chi connectivity index (χ2n) is 7.10. The molecule has 0 spiro atoms. The van der Waals surface area contributed by atoms with Crippen molar-refractivity contribution in [1.29, 1.82) is 0 Å². The summed E-state index contributed by atoms with van der Waals surface area (Å²) in [6.07, 6.45) is 4.00. The van der Waals surface area contributed by atoms with Crippen molar-refractivity contribution in [2.24, 2.45) is 0 Å². The average molecular weight is 376 g/mol. The number of aromatic nitrogens is 4. The molecule has 1 aromatic heterocycles. The predicted molar refractivity (Wildman–Crippen MR) is 106 cm³/mol. The number of fused-ring (bicyclic) bond motifs is 1. The quantitative estimate of drug-likeness (QED) is 0.636. The Hall–Kier alpha value is -3.06. The summed E-state index contributed by atoms with van der Waals surface area (Å²) in [5.74, 6) is 0.0548. The first kappa shape index (κ1) is 18.3. The first-order valence-corrected chi connectivity index (χ1v) is 9.66. The highest BCUT2D eigenvalue weighted by atomic mass is 16.1. The van der Waals surface area contributed by atoms with Gasteiger partial charge in [-0.2, -0.15) is 0 Å². The van der Waals surface area contributed by atoms with E-state index >= 15 is 0 Å². The van der Waals surface area contributed by atoms with Gasteiger partial charge in [-0.05, 0) is 52.1 Å². The topological polar surface area (TPSA) is 75.9 Å². The van der Waals surface area contributed by atoms with Crippen molar-refractivity contribution in [2.45, 2.75) is 25.8 Å². The molecule has 7 heteroatoms. The van der Waals surface area contributed by atoms with Crippen LogP contribution in [0.25, 0.3) is 5.69 Å². The second-order valence-corrected chi connectivity index (χ2v) is 7.10. The minimum atomic E-state index is 0.0548. The van der Waals surface area contributed by atoms with Crippen molar-refractivity contribution < 1.29 is 4.79 Å². The summed E-state index contributed by atoms with van der Waals surface area (Å²) in [5, 5.41) is 14.1. The van der Waals surface area contributed by atoms with Gasteiger partial charge in [0.2, 0.25) is 5.91 Å². The Morgan fingerprint density at radius 2 is 1.89 bits per heavy atom. The number of tetrazole rings is 1. The van der Waals surface area contributed by atoms with E-state index in [1.807, 2.05) is 24.3 Å². The Labute approximate surface area is 164 Å². The van der Waals surface area contributed by atoms with Crippen LogP contribution in [0.15, 0.2) is 54.9 Å². The second kappa shape index (κ2) is 8.75. The molecule has 3 aromatic rings. The summed E-state index contributed by atoms with van der Waals surface area (Å²) in [6, 6.07) is 16.3. The molecule has 1 aliphatic rings. The molecule has 1 aliphatic heterocycles. The van der Waals surface area contributed by atoms with Crippen LogP contribution < -0.4 is 5.32 Å². The van der Waals surface area contributed by atoms with E-state index in [1.54, 1.807) is 11.0 Å². The molecule has 28 heavy (non-hydrogen) atoms. The number of carbonyl (C=O) groups excluding carboxylic acids is 1. The first-order chi connectivity index (χ1) is 13.8. The number of nitrogens with zero attached hydrogens (tertiary/aromatic N) is 5. The van der Waals surface area contributed by atoms with Crippen molar-refractivity contribution in [3.8, 4) is 5.69 Å². The Kier molecular flexibility index (Phi) is 5.72. The fourth-order valence-corrected chi connectivity index (χ4v) is 3.57. The van der Waals surface area contributed by atoms with E-state index in [2.05, 4.69) is 50.0 Å². The minimum absolute atomic E-state index is 0.0548. The van der Waals surface area contributed by atoms with Gasteiger partial charge in [-0.3, -0.25) is 9.69 Å². The summed E-state index contributed by atoms with van der Waals surface area (Å²) >= 11 is 0. The molecule has 0 saturated carbocycles. The molecule has 0 aliphatic carbocycles.